The third-order valence-electron chi connectivity index (χ3n) is 1.66. The average molecular weight is 284 g/mol. The van der Waals surface area contributed by atoms with Crippen molar-refractivity contribution in [3.8, 4) is 0 Å². The fourth-order valence-corrected chi connectivity index (χ4v) is 1.76. The molecule has 0 radical (unpaired) electrons. The summed E-state index contributed by atoms with van der Waals surface area (Å²) in [4.78, 5) is 21.8. The predicted octanol–water partition coefficient (Wildman–Crippen LogP) is 2.26. The van der Waals surface area contributed by atoms with E-state index in [0.717, 1.165) is 0 Å². The van der Waals surface area contributed by atoms with Crippen molar-refractivity contribution in [2.24, 2.45) is 0 Å². The number of nitrogens with one attached hydrogen (secondary N) is 1. The van der Waals surface area contributed by atoms with Crippen LogP contribution < -0.4 is 5.32 Å². The number of nitrogens with zero attached hydrogens (tertiary/aromatic N) is 1. The van der Waals surface area contributed by atoms with Gasteiger partial charge >= 0.3 is 18.2 Å². The molecule has 0 aliphatic rings. The SMILES string of the molecule is Cc1nsc(NC(=O)OCC(F)(F)F)c1C(=O)O. The maximum atomic E-state index is 11.8. The van der Waals surface area contributed by atoms with Gasteiger partial charge in [0, 0.05) is 0 Å². The Morgan fingerprint density at radius 1 is 1.50 bits per heavy atom. The molecule has 0 saturated carbocycles. The number of carbonyl (C=O) groups is 2. The molecule has 0 saturated heterocycles. The number of hydrogen-bond donors (Lipinski definition) is 2. The number of halogens is 3. The van der Waals surface area contributed by atoms with Gasteiger partial charge in [0.1, 0.15) is 10.6 Å². The summed E-state index contributed by atoms with van der Waals surface area (Å²) in [5, 5.41) is 10.5. The zero-order chi connectivity index (χ0) is 13.9. The van der Waals surface area contributed by atoms with Crippen molar-refractivity contribution in [3.05, 3.63) is 11.3 Å². The second-order valence-corrected chi connectivity index (χ2v) is 3.87. The largest absolute Gasteiger partial charge is 0.478 e. The van der Waals surface area contributed by atoms with E-state index in [1.54, 1.807) is 0 Å². The monoisotopic (exact) mass is 284 g/mol. The van der Waals surface area contributed by atoms with E-state index in [2.05, 4.69) is 9.11 Å². The molecule has 0 unspecified atom stereocenters. The summed E-state index contributed by atoms with van der Waals surface area (Å²) in [6, 6.07) is 0. The maximum Gasteiger partial charge on any atom is 0.422 e. The van der Waals surface area contributed by atoms with Crippen LogP contribution in [0.2, 0.25) is 0 Å². The molecular formula is C8H7F3N2O4S. The highest BCUT2D eigenvalue weighted by molar-refractivity contribution is 7.10. The first-order chi connectivity index (χ1) is 8.20. The minimum absolute atomic E-state index is 0.152. The Balaban J connectivity index is 2.68. The molecule has 1 heterocycles. The van der Waals surface area contributed by atoms with Gasteiger partial charge in [0.15, 0.2) is 6.61 Å². The lowest BCUT2D eigenvalue weighted by molar-refractivity contribution is -0.159. The van der Waals surface area contributed by atoms with Crippen LogP contribution in [0.15, 0.2) is 0 Å². The maximum absolute atomic E-state index is 11.8. The fourth-order valence-electron chi connectivity index (χ4n) is 0.983. The molecule has 0 bridgehead atoms. The molecule has 0 aliphatic carbocycles. The van der Waals surface area contributed by atoms with Crippen LogP contribution in [0.1, 0.15) is 16.1 Å². The van der Waals surface area contributed by atoms with Crippen LogP contribution in [0, 0.1) is 6.92 Å². The quantitative estimate of drug-likeness (QED) is 0.888. The molecular weight excluding hydrogens is 277 g/mol. The number of amides is 1. The molecule has 1 rings (SSSR count). The third kappa shape index (κ3) is 3.87. The Morgan fingerprint density at radius 3 is 2.61 bits per heavy atom. The van der Waals surface area contributed by atoms with Crippen LogP contribution in [0.5, 0.6) is 0 Å². The number of carboxylic acid groups (broad SMARTS) is 1. The number of hydrogen-bond acceptors (Lipinski definition) is 5. The lowest BCUT2D eigenvalue weighted by Crippen LogP contribution is -2.23. The van der Waals surface area contributed by atoms with Crippen molar-refractivity contribution >= 4 is 28.6 Å². The van der Waals surface area contributed by atoms with Gasteiger partial charge in [-0.3, -0.25) is 5.32 Å². The summed E-state index contributed by atoms with van der Waals surface area (Å²) in [5.41, 5.74) is -0.123. The number of carbonyl (C=O) groups excluding carboxylic acids is 1. The molecule has 2 N–H and O–H groups in total. The van der Waals surface area contributed by atoms with E-state index in [-0.39, 0.29) is 16.3 Å². The Bertz CT molecular complexity index is 471. The first-order valence-corrected chi connectivity index (χ1v) is 5.18. The standard InChI is InChI=1S/C8H7F3N2O4S/c1-3-4(6(14)15)5(18-13-3)12-7(16)17-2-8(9,10)11/h2H2,1H3,(H,12,16)(H,14,15). The van der Waals surface area contributed by atoms with Gasteiger partial charge in [-0.2, -0.15) is 17.5 Å². The van der Waals surface area contributed by atoms with E-state index in [9.17, 15) is 22.8 Å². The van der Waals surface area contributed by atoms with Crippen LogP contribution in [0.3, 0.4) is 0 Å². The molecule has 6 nitrogen and oxygen atoms in total. The molecule has 0 aliphatic heterocycles. The van der Waals surface area contributed by atoms with Crippen molar-refractivity contribution in [2.75, 3.05) is 11.9 Å². The minimum Gasteiger partial charge on any atom is -0.478 e. The Morgan fingerprint density at radius 2 is 2.11 bits per heavy atom. The number of ether oxygens (including phenoxy) is 1. The molecule has 1 aromatic rings. The predicted molar refractivity (Wildman–Crippen MR) is 54.8 cm³/mol. The van der Waals surface area contributed by atoms with Gasteiger partial charge in [-0.15, -0.1) is 0 Å². The van der Waals surface area contributed by atoms with Crippen molar-refractivity contribution in [3.63, 3.8) is 0 Å². The molecule has 100 valence electrons. The van der Waals surface area contributed by atoms with Crippen molar-refractivity contribution in [1.82, 2.24) is 4.37 Å². The number of carboxylic acids is 1. The van der Waals surface area contributed by atoms with E-state index >= 15 is 0 Å². The molecule has 0 atom stereocenters. The Hall–Kier alpha value is -1.84. The zero-order valence-corrected chi connectivity index (χ0v) is 9.68. The highest BCUT2D eigenvalue weighted by Gasteiger charge is 2.30. The third-order valence-corrected chi connectivity index (χ3v) is 2.51. The van der Waals surface area contributed by atoms with Crippen molar-refractivity contribution in [1.29, 1.82) is 0 Å². The first kappa shape index (κ1) is 14.2. The summed E-state index contributed by atoms with van der Waals surface area (Å²) in [6.07, 6.45) is -6.03. The summed E-state index contributed by atoms with van der Waals surface area (Å²) in [5.74, 6) is -1.34. The summed E-state index contributed by atoms with van der Waals surface area (Å²) < 4.78 is 42.8. The Labute approximate surface area is 103 Å². The molecule has 0 spiro atoms. The van der Waals surface area contributed by atoms with Gasteiger partial charge in [-0.05, 0) is 18.5 Å². The topological polar surface area (TPSA) is 88.5 Å². The van der Waals surface area contributed by atoms with E-state index in [1.807, 2.05) is 5.32 Å². The van der Waals surface area contributed by atoms with E-state index in [4.69, 9.17) is 5.11 Å². The highest BCUT2D eigenvalue weighted by atomic mass is 32.1. The fraction of sp³-hybridized carbons (Fsp3) is 0.375. The number of aromatic carboxylic acids is 1. The average Bonchev–Trinajstić information content (AvgIpc) is 2.55. The molecule has 1 aromatic heterocycles. The lowest BCUT2D eigenvalue weighted by Gasteiger charge is -2.08. The normalized spacial score (nSPS) is 11.1. The molecule has 0 fully saturated rings. The van der Waals surface area contributed by atoms with Crippen LogP contribution >= 0.6 is 11.5 Å². The van der Waals surface area contributed by atoms with Gasteiger partial charge in [0.2, 0.25) is 0 Å². The lowest BCUT2D eigenvalue weighted by atomic mass is 10.2. The summed E-state index contributed by atoms with van der Waals surface area (Å²) in [6.45, 7) is -0.356. The number of anilines is 1. The van der Waals surface area contributed by atoms with Gasteiger partial charge < -0.3 is 9.84 Å². The second-order valence-electron chi connectivity index (χ2n) is 3.09. The van der Waals surface area contributed by atoms with Crippen LogP contribution in [0.4, 0.5) is 23.0 Å². The van der Waals surface area contributed by atoms with Crippen molar-refractivity contribution < 1.29 is 32.6 Å². The molecule has 1 amide bonds. The smallest absolute Gasteiger partial charge is 0.422 e. The summed E-state index contributed by atoms with van der Waals surface area (Å²) in [7, 11) is 0. The summed E-state index contributed by atoms with van der Waals surface area (Å²) >= 11 is 0.642. The number of aryl methyl sites for hydroxylation is 1. The molecule has 10 heteroatoms. The van der Waals surface area contributed by atoms with Crippen LogP contribution in [-0.4, -0.2) is 34.3 Å². The van der Waals surface area contributed by atoms with Gasteiger partial charge in [-0.1, -0.05) is 0 Å². The van der Waals surface area contributed by atoms with E-state index in [1.165, 1.54) is 6.92 Å². The Kier molecular flexibility index (Phi) is 4.11. The van der Waals surface area contributed by atoms with E-state index < -0.39 is 24.8 Å². The minimum atomic E-state index is -4.64. The zero-order valence-electron chi connectivity index (χ0n) is 8.87. The van der Waals surface area contributed by atoms with Crippen LogP contribution in [-0.2, 0) is 4.74 Å². The molecule has 0 aromatic carbocycles. The number of alkyl halides is 3. The van der Waals surface area contributed by atoms with Crippen molar-refractivity contribution in [2.45, 2.75) is 13.1 Å². The van der Waals surface area contributed by atoms with Crippen LogP contribution in [0.25, 0.3) is 0 Å². The van der Waals surface area contributed by atoms with E-state index in [0.29, 0.717) is 11.5 Å². The first-order valence-electron chi connectivity index (χ1n) is 4.41. The highest BCUT2D eigenvalue weighted by Crippen LogP contribution is 2.24. The van der Waals surface area contributed by atoms with Gasteiger partial charge in [0.05, 0.1) is 5.69 Å². The number of aromatic nitrogens is 1. The second kappa shape index (κ2) is 5.21. The number of rotatable bonds is 3. The van der Waals surface area contributed by atoms with Gasteiger partial charge in [0.25, 0.3) is 0 Å². The van der Waals surface area contributed by atoms with Gasteiger partial charge in [-0.25, -0.2) is 9.59 Å². The molecule has 18 heavy (non-hydrogen) atoms.